The third-order valence-electron chi connectivity index (χ3n) is 5.09. The monoisotopic (exact) mass is 421 g/mol. The van der Waals surface area contributed by atoms with Crippen molar-refractivity contribution in [3.63, 3.8) is 0 Å². The lowest BCUT2D eigenvalue weighted by molar-refractivity contribution is -0.139. The zero-order valence-electron chi connectivity index (χ0n) is 16.4. The summed E-state index contributed by atoms with van der Waals surface area (Å²) >= 11 is 6.15. The van der Waals surface area contributed by atoms with E-state index in [4.69, 9.17) is 11.6 Å². The van der Waals surface area contributed by atoms with Crippen molar-refractivity contribution < 1.29 is 14.0 Å². The van der Waals surface area contributed by atoms with E-state index in [9.17, 15) is 14.0 Å². The normalized spacial score (nSPS) is 17.2. The highest BCUT2D eigenvalue weighted by Crippen LogP contribution is 2.22. The summed E-state index contributed by atoms with van der Waals surface area (Å²) in [6, 6.07) is 5.47. The second-order valence-electron chi connectivity index (χ2n) is 6.96. The molecule has 0 aliphatic carbocycles. The Hall–Kier alpha value is -2.45. The number of carbonyl (C=O) groups excluding carboxylic acids is 2. The molecule has 1 unspecified atom stereocenters. The number of amides is 2. The molecule has 1 aromatic heterocycles. The van der Waals surface area contributed by atoms with Crippen LogP contribution in [0.5, 0.6) is 0 Å². The maximum atomic E-state index is 13.3. The number of piperazine rings is 1. The van der Waals surface area contributed by atoms with Crippen LogP contribution in [-0.2, 0) is 22.7 Å². The Morgan fingerprint density at radius 2 is 2.28 bits per heavy atom. The zero-order chi connectivity index (χ0) is 20.8. The number of carbonyl (C=O) groups is 2. The van der Waals surface area contributed by atoms with Crippen molar-refractivity contribution in [2.45, 2.75) is 32.5 Å². The van der Waals surface area contributed by atoms with Gasteiger partial charge in [0, 0.05) is 50.1 Å². The molecule has 1 aliphatic heterocycles. The molecule has 2 amide bonds. The van der Waals surface area contributed by atoms with Gasteiger partial charge in [-0.3, -0.25) is 19.2 Å². The van der Waals surface area contributed by atoms with E-state index in [1.165, 1.54) is 12.1 Å². The summed E-state index contributed by atoms with van der Waals surface area (Å²) in [6.07, 6.45) is 3.63. The van der Waals surface area contributed by atoms with Gasteiger partial charge in [-0.15, -0.1) is 0 Å². The molecule has 1 fully saturated rings. The van der Waals surface area contributed by atoms with Crippen molar-refractivity contribution in [1.29, 1.82) is 0 Å². The van der Waals surface area contributed by atoms with Gasteiger partial charge in [0.1, 0.15) is 5.82 Å². The number of nitrogens with zero attached hydrogens (tertiary/aromatic N) is 4. The van der Waals surface area contributed by atoms with Crippen molar-refractivity contribution >= 4 is 23.4 Å². The van der Waals surface area contributed by atoms with Crippen LogP contribution in [0.4, 0.5) is 4.39 Å². The second kappa shape index (κ2) is 9.84. The fourth-order valence-corrected chi connectivity index (χ4v) is 3.68. The molecule has 2 heterocycles. The molecule has 29 heavy (non-hydrogen) atoms. The predicted molar refractivity (Wildman–Crippen MR) is 108 cm³/mol. The number of hydrogen-bond acceptors (Lipinski definition) is 4. The van der Waals surface area contributed by atoms with E-state index in [0.717, 1.165) is 5.56 Å². The highest BCUT2D eigenvalue weighted by atomic mass is 35.5. The molecular weight excluding hydrogens is 397 g/mol. The van der Waals surface area contributed by atoms with Crippen molar-refractivity contribution in [3.05, 3.63) is 53.1 Å². The maximum Gasteiger partial charge on any atom is 0.237 e. The van der Waals surface area contributed by atoms with Crippen LogP contribution in [0.1, 0.15) is 18.9 Å². The van der Waals surface area contributed by atoms with Crippen LogP contribution in [0.2, 0.25) is 5.02 Å². The summed E-state index contributed by atoms with van der Waals surface area (Å²) in [5.41, 5.74) is 0.728. The van der Waals surface area contributed by atoms with Crippen LogP contribution >= 0.6 is 11.6 Å². The summed E-state index contributed by atoms with van der Waals surface area (Å²) < 4.78 is 15.1. The quantitative estimate of drug-likeness (QED) is 0.707. The predicted octanol–water partition coefficient (Wildman–Crippen LogP) is 1.91. The minimum Gasteiger partial charge on any atom is -0.353 e. The molecule has 0 spiro atoms. The molecule has 0 saturated carbocycles. The Bertz CT molecular complexity index is 845. The van der Waals surface area contributed by atoms with E-state index < -0.39 is 11.9 Å². The van der Waals surface area contributed by atoms with Gasteiger partial charge in [-0.05, 0) is 30.7 Å². The minimum atomic E-state index is -0.587. The number of hydrogen-bond donors (Lipinski definition) is 1. The SMILES string of the molecule is CCN(CCn1cccn1)C(=O)CC1C(=O)NCCN1Cc1ccc(F)cc1Cl. The number of rotatable bonds is 8. The molecule has 2 aromatic rings. The van der Waals surface area contributed by atoms with Gasteiger partial charge in [0.15, 0.2) is 0 Å². The Balaban J connectivity index is 1.66. The van der Waals surface area contributed by atoms with Crippen molar-refractivity contribution in [1.82, 2.24) is 24.9 Å². The van der Waals surface area contributed by atoms with E-state index in [2.05, 4.69) is 10.4 Å². The summed E-state index contributed by atoms with van der Waals surface area (Å²) in [4.78, 5) is 29.0. The lowest BCUT2D eigenvalue weighted by atomic mass is 10.1. The van der Waals surface area contributed by atoms with Crippen LogP contribution in [0.25, 0.3) is 0 Å². The second-order valence-corrected chi connectivity index (χ2v) is 7.37. The lowest BCUT2D eigenvalue weighted by Crippen LogP contribution is -2.56. The van der Waals surface area contributed by atoms with Crippen molar-refractivity contribution in [3.8, 4) is 0 Å². The molecule has 7 nitrogen and oxygen atoms in total. The molecule has 156 valence electrons. The lowest BCUT2D eigenvalue weighted by Gasteiger charge is -2.36. The molecule has 9 heteroatoms. The first-order chi connectivity index (χ1) is 14.0. The largest absolute Gasteiger partial charge is 0.353 e. The van der Waals surface area contributed by atoms with E-state index in [-0.39, 0.29) is 18.2 Å². The summed E-state index contributed by atoms with van der Waals surface area (Å²) in [7, 11) is 0. The molecule has 1 saturated heterocycles. The number of nitrogens with one attached hydrogen (secondary N) is 1. The third-order valence-corrected chi connectivity index (χ3v) is 5.44. The Morgan fingerprint density at radius 1 is 1.45 bits per heavy atom. The first-order valence-corrected chi connectivity index (χ1v) is 10.1. The molecule has 1 aromatic carbocycles. The van der Waals surface area contributed by atoms with Gasteiger partial charge in [0.2, 0.25) is 11.8 Å². The Kier molecular flexibility index (Phi) is 7.22. The van der Waals surface area contributed by atoms with E-state index in [1.54, 1.807) is 21.8 Å². The smallest absolute Gasteiger partial charge is 0.237 e. The van der Waals surface area contributed by atoms with Crippen LogP contribution in [0.3, 0.4) is 0 Å². The average molecular weight is 422 g/mol. The van der Waals surface area contributed by atoms with Crippen LogP contribution in [0.15, 0.2) is 36.7 Å². The van der Waals surface area contributed by atoms with Crippen LogP contribution < -0.4 is 5.32 Å². The van der Waals surface area contributed by atoms with E-state index in [0.29, 0.717) is 44.3 Å². The first-order valence-electron chi connectivity index (χ1n) is 9.68. The summed E-state index contributed by atoms with van der Waals surface area (Å²) in [6.45, 7) is 5.06. The van der Waals surface area contributed by atoms with Crippen LogP contribution in [-0.4, -0.2) is 63.6 Å². The van der Waals surface area contributed by atoms with Crippen molar-refractivity contribution in [2.75, 3.05) is 26.2 Å². The average Bonchev–Trinajstić information content (AvgIpc) is 3.20. The highest BCUT2D eigenvalue weighted by Gasteiger charge is 2.33. The third kappa shape index (κ3) is 5.55. The standard InChI is InChI=1S/C20H25ClFN5O2/c1-2-25(10-11-27-8-3-6-24-27)19(28)13-18-20(29)23-7-9-26(18)14-15-4-5-16(22)12-17(15)21/h3-6,8,12,18H,2,7,9-11,13-14H2,1H3,(H,23,29). The number of benzene rings is 1. The summed E-state index contributed by atoms with van der Waals surface area (Å²) in [5, 5.41) is 7.30. The molecular formula is C20H25ClFN5O2. The number of likely N-dealkylation sites (N-methyl/N-ethyl adjacent to an activating group) is 1. The van der Waals surface area contributed by atoms with Gasteiger partial charge in [0.05, 0.1) is 19.0 Å². The fraction of sp³-hybridized carbons (Fsp3) is 0.450. The van der Waals surface area contributed by atoms with E-state index >= 15 is 0 Å². The van der Waals surface area contributed by atoms with Gasteiger partial charge in [-0.1, -0.05) is 17.7 Å². The Morgan fingerprint density at radius 3 is 2.97 bits per heavy atom. The Labute approximate surface area is 174 Å². The van der Waals surface area contributed by atoms with Crippen LogP contribution in [0, 0.1) is 5.82 Å². The molecule has 0 bridgehead atoms. The van der Waals surface area contributed by atoms with Crippen molar-refractivity contribution in [2.24, 2.45) is 0 Å². The van der Waals surface area contributed by atoms with Gasteiger partial charge in [-0.2, -0.15) is 5.10 Å². The maximum absolute atomic E-state index is 13.3. The topological polar surface area (TPSA) is 70.5 Å². The fourth-order valence-electron chi connectivity index (χ4n) is 3.45. The van der Waals surface area contributed by atoms with E-state index in [1.807, 2.05) is 24.1 Å². The molecule has 3 rings (SSSR count). The zero-order valence-corrected chi connectivity index (χ0v) is 17.1. The minimum absolute atomic E-state index is 0.0809. The van der Waals surface area contributed by atoms with Gasteiger partial charge in [-0.25, -0.2) is 4.39 Å². The summed E-state index contributed by atoms with van der Waals surface area (Å²) in [5.74, 6) is -0.666. The molecule has 1 aliphatic rings. The van der Waals surface area contributed by atoms with Gasteiger partial charge < -0.3 is 10.2 Å². The van der Waals surface area contributed by atoms with Gasteiger partial charge in [0.25, 0.3) is 0 Å². The molecule has 1 N–H and O–H groups in total. The number of halogens is 2. The first kappa shape index (κ1) is 21.3. The highest BCUT2D eigenvalue weighted by molar-refractivity contribution is 6.31. The molecule has 1 atom stereocenters. The molecule has 0 radical (unpaired) electrons. The van der Waals surface area contributed by atoms with Gasteiger partial charge >= 0.3 is 0 Å². The number of aromatic nitrogens is 2.